The molecule has 0 saturated carbocycles. The maximum absolute atomic E-state index is 11.8. The van der Waals surface area contributed by atoms with Gasteiger partial charge in [-0.05, 0) is 6.92 Å². The molecule has 1 heterocycles. The average Bonchev–Trinajstić information content (AvgIpc) is 2.34. The molecular weight excluding hydrogens is 135 g/mol. The van der Waals surface area contributed by atoms with Crippen LogP contribution in [0.2, 0.25) is 0 Å². The minimum absolute atomic E-state index is 0.0901. The Bertz CT molecular complexity index is 209. The summed E-state index contributed by atoms with van der Waals surface area (Å²) in [4.78, 5) is 3.63. The molecule has 0 amide bonds. The van der Waals surface area contributed by atoms with Gasteiger partial charge in [-0.1, -0.05) is 0 Å². The van der Waals surface area contributed by atoms with Gasteiger partial charge in [0.1, 0.15) is 5.76 Å². The lowest BCUT2D eigenvalue weighted by Gasteiger charge is -1.95. The molecule has 56 valence electrons. The third-order valence-electron chi connectivity index (χ3n) is 1.13. The number of nitrogens with two attached hydrogens (primary N) is 1. The molecule has 0 bridgehead atoms. The van der Waals surface area contributed by atoms with Crippen LogP contribution in [0.1, 0.15) is 24.6 Å². The summed E-state index contributed by atoms with van der Waals surface area (Å²) in [5.74, 6) is 0.611. The molecule has 1 rings (SSSR count). The Hall–Kier alpha value is -0.900. The van der Waals surface area contributed by atoms with Gasteiger partial charge in [-0.25, -0.2) is 9.37 Å². The molecule has 3 nitrogen and oxygen atoms in total. The standard InChI is InChI=1S/C6H9FN2O/c1-4(8)5-3-9-6(2-7)10-5/h3-4H,2,8H2,1H3. The molecule has 1 aromatic rings. The van der Waals surface area contributed by atoms with Crippen molar-refractivity contribution >= 4 is 0 Å². The van der Waals surface area contributed by atoms with Gasteiger partial charge in [-0.2, -0.15) is 0 Å². The normalized spacial score (nSPS) is 13.5. The van der Waals surface area contributed by atoms with Crippen LogP contribution in [0.5, 0.6) is 0 Å². The molecule has 1 aromatic heterocycles. The lowest BCUT2D eigenvalue weighted by molar-refractivity contribution is 0.358. The smallest absolute Gasteiger partial charge is 0.225 e. The quantitative estimate of drug-likeness (QED) is 0.677. The minimum Gasteiger partial charge on any atom is -0.441 e. The van der Waals surface area contributed by atoms with Crippen LogP contribution in [-0.4, -0.2) is 4.98 Å². The van der Waals surface area contributed by atoms with Crippen LogP contribution < -0.4 is 5.73 Å². The number of alkyl halides is 1. The van der Waals surface area contributed by atoms with Crippen LogP contribution in [0.25, 0.3) is 0 Å². The second-order valence-corrected chi connectivity index (χ2v) is 2.08. The van der Waals surface area contributed by atoms with E-state index in [1.807, 2.05) is 0 Å². The van der Waals surface area contributed by atoms with Gasteiger partial charge in [0.2, 0.25) is 5.89 Å². The van der Waals surface area contributed by atoms with Gasteiger partial charge in [-0.3, -0.25) is 0 Å². The largest absolute Gasteiger partial charge is 0.441 e. The maximum atomic E-state index is 11.8. The fraction of sp³-hybridized carbons (Fsp3) is 0.500. The number of aromatic nitrogens is 1. The highest BCUT2D eigenvalue weighted by Gasteiger charge is 2.05. The van der Waals surface area contributed by atoms with E-state index in [-0.39, 0.29) is 11.9 Å². The van der Waals surface area contributed by atoms with Crippen LogP contribution in [-0.2, 0) is 6.67 Å². The molecule has 0 aliphatic carbocycles. The first kappa shape index (κ1) is 7.21. The predicted molar refractivity (Wildman–Crippen MR) is 33.9 cm³/mol. The van der Waals surface area contributed by atoms with Crippen LogP contribution in [0.3, 0.4) is 0 Å². The number of halogens is 1. The van der Waals surface area contributed by atoms with Gasteiger partial charge in [0, 0.05) is 0 Å². The Morgan fingerprint density at radius 1 is 1.90 bits per heavy atom. The summed E-state index contributed by atoms with van der Waals surface area (Å²) >= 11 is 0. The molecule has 0 spiro atoms. The Morgan fingerprint density at radius 3 is 2.90 bits per heavy atom. The summed E-state index contributed by atoms with van der Waals surface area (Å²) in [6.45, 7) is 1.08. The number of rotatable bonds is 2. The van der Waals surface area contributed by atoms with Crippen molar-refractivity contribution in [3.63, 3.8) is 0 Å². The highest BCUT2D eigenvalue weighted by Crippen LogP contribution is 2.10. The summed E-state index contributed by atoms with van der Waals surface area (Å²) in [6, 6.07) is -0.215. The zero-order valence-electron chi connectivity index (χ0n) is 5.67. The first-order valence-electron chi connectivity index (χ1n) is 3.00. The van der Waals surface area contributed by atoms with Crippen molar-refractivity contribution < 1.29 is 8.81 Å². The van der Waals surface area contributed by atoms with Crippen molar-refractivity contribution in [3.8, 4) is 0 Å². The van der Waals surface area contributed by atoms with Crippen LogP contribution in [0, 0.1) is 0 Å². The van der Waals surface area contributed by atoms with Gasteiger partial charge in [0.15, 0.2) is 6.67 Å². The van der Waals surface area contributed by atoms with Gasteiger partial charge in [-0.15, -0.1) is 0 Å². The molecule has 0 saturated heterocycles. The minimum atomic E-state index is -0.674. The molecule has 1 atom stereocenters. The van der Waals surface area contributed by atoms with E-state index in [1.165, 1.54) is 6.20 Å². The molecule has 0 radical (unpaired) electrons. The van der Waals surface area contributed by atoms with E-state index in [2.05, 4.69) is 4.98 Å². The van der Waals surface area contributed by atoms with Crippen LogP contribution in [0.15, 0.2) is 10.6 Å². The van der Waals surface area contributed by atoms with E-state index in [1.54, 1.807) is 6.92 Å². The van der Waals surface area contributed by atoms with Gasteiger partial charge in [0.05, 0.1) is 12.2 Å². The van der Waals surface area contributed by atoms with E-state index in [4.69, 9.17) is 10.2 Å². The summed E-state index contributed by atoms with van der Waals surface area (Å²) in [5.41, 5.74) is 5.43. The predicted octanol–water partition coefficient (Wildman–Crippen LogP) is 1.16. The Morgan fingerprint density at radius 2 is 2.60 bits per heavy atom. The molecule has 10 heavy (non-hydrogen) atoms. The molecule has 0 aromatic carbocycles. The summed E-state index contributed by atoms with van der Waals surface area (Å²) in [6.07, 6.45) is 1.44. The average molecular weight is 144 g/mol. The topological polar surface area (TPSA) is 52.0 Å². The molecule has 0 aliphatic heterocycles. The number of nitrogens with zero attached hydrogens (tertiary/aromatic N) is 1. The fourth-order valence-corrected chi connectivity index (χ4v) is 0.597. The third kappa shape index (κ3) is 1.33. The monoisotopic (exact) mass is 144 g/mol. The van der Waals surface area contributed by atoms with Crippen molar-refractivity contribution in [2.45, 2.75) is 19.6 Å². The van der Waals surface area contributed by atoms with Crippen LogP contribution >= 0.6 is 0 Å². The Labute approximate surface area is 58.0 Å². The van der Waals surface area contributed by atoms with E-state index in [0.717, 1.165) is 0 Å². The number of hydrogen-bond donors (Lipinski definition) is 1. The summed E-state index contributed by atoms with van der Waals surface area (Å²) in [7, 11) is 0. The van der Waals surface area contributed by atoms with Gasteiger partial charge < -0.3 is 10.2 Å². The number of oxazole rings is 1. The van der Waals surface area contributed by atoms with Crippen molar-refractivity contribution in [1.82, 2.24) is 4.98 Å². The zero-order valence-corrected chi connectivity index (χ0v) is 5.67. The molecule has 2 N–H and O–H groups in total. The Kier molecular flexibility index (Phi) is 2.01. The van der Waals surface area contributed by atoms with Crippen molar-refractivity contribution in [2.24, 2.45) is 5.73 Å². The molecule has 4 heteroatoms. The summed E-state index contributed by atoms with van der Waals surface area (Å²) < 4.78 is 16.7. The lowest BCUT2D eigenvalue weighted by Crippen LogP contribution is -2.02. The van der Waals surface area contributed by atoms with Gasteiger partial charge in [0.25, 0.3) is 0 Å². The van der Waals surface area contributed by atoms with Crippen molar-refractivity contribution in [1.29, 1.82) is 0 Å². The highest BCUT2D eigenvalue weighted by atomic mass is 19.1. The second kappa shape index (κ2) is 2.79. The molecule has 0 aliphatic rings. The second-order valence-electron chi connectivity index (χ2n) is 2.08. The first-order valence-corrected chi connectivity index (χ1v) is 3.00. The molecule has 0 fully saturated rings. The fourth-order valence-electron chi connectivity index (χ4n) is 0.597. The van der Waals surface area contributed by atoms with Crippen molar-refractivity contribution in [2.75, 3.05) is 0 Å². The number of hydrogen-bond acceptors (Lipinski definition) is 3. The van der Waals surface area contributed by atoms with E-state index in [0.29, 0.717) is 5.76 Å². The SMILES string of the molecule is CC(N)c1cnc(CF)o1. The van der Waals surface area contributed by atoms with Crippen LogP contribution in [0.4, 0.5) is 4.39 Å². The molecule has 1 unspecified atom stereocenters. The highest BCUT2D eigenvalue weighted by molar-refractivity contribution is 4.97. The molecular formula is C6H9FN2O. The maximum Gasteiger partial charge on any atom is 0.225 e. The third-order valence-corrected chi connectivity index (χ3v) is 1.13. The zero-order chi connectivity index (χ0) is 7.56. The lowest BCUT2D eigenvalue weighted by atomic mass is 10.3. The first-order chi connectivity index (χ1) is 4.74. The Balaban J connectivity index is 2.78. The van der Waals surface area contributed by atoms with E-state index in [9.17, 15) is 4.39 Å². The van der Waals surface area contributed by atoms with Gasteiger partial charge >= 0.3 is 0 Å². The summed E-state index contributed by atoms with van der Waals surface area (Å²) in [5, 5.41) is 0. The van der Waals surface area contributed by atoms with E-state index < -0.39 is 6.67 Å². The van der Waals surface area contributed by atoms with E-state index >= 15 is 0 Å². The van der Waals surface area contributed by atoms with Crippen molar-refractivity contribution in [3.05, 3.63) is 17.8 Å².